The van der Waals surface area contributed by atoms with Crippen LogP contribution in [0.3, 0.4) is 0 Å². The lowest BCUT2D eigenvalue weighted by Gasteiger charge is -2.32. The molecule has 3 aromatic carbocycles. The predicted octanol–water partition coefficient (Wildman–Crippen LogP) is 4.79. The number of carbonyl (C=O) groups excluding carboxylic acids is 2. The molecule has 0 unspecified atom stereocenters. The fourth-order valence-corrected chi connectivity index (χ4v) is 4.76. The normalized spacial score (nSPS) is 19.9. The van der Waals surface area contributed by atoms with Crippen molar-refractivity contribution in [2.75, 3.05) is 10.6 Å². The van der Waals surface area contributed by atoms with Gasteiger partial charge in [0.1, 0.15) is 0 Å². The van der Waals surface area contributed by atoms with Crippen molar-refractivity contribution in [2.45, 2.75) is 77.8 Å². The van der Waals surface area contributed by atoms with E-state index >= 15 is 0 Å². The number of rotatable bonds is 6. The Balaban J connectivity index is 1.32. The summed E-state index contributed by atoms with van der Waals surface area (Å²) in [5.41, 5.74) is 1.20. The minimum absolute atomic E-state index is 0.339. The van der Waals surface area contributed by atoms with Gasteiger partial charge in [0.15, 0.2) is 0 Å². The van der Waals surface area contributed by atoms with E-state index < -0.39 is 36.6 Å². The molecule has 2 fully saturated rings. The molecule has 5 rings (SSSR count). The predicted molar refractivity (Wildman–Crippen MR) is 167 cm³/mol. The summed E-state index contributed by atoms with van der Waals surface area (Å²) in [5, 5.41) is 5.94. The summed E-state index contributed by atoms with van der Waals surface area (Å²) >= 11 is 0. The Morgan fingerprint density at radius 2 is 0.857 bits per heavy atom. The van der Waals surface area contributed by atoms with Gasteiger partial charge in [-0.1, -0.05) is 42.5 Å². The fraction of sp³-hybridized carbons (Fsp3) is 0.375. The Hall–Kier alpha value is -3.43. The Morgan fingerprint density at radius 1 is 0.524 bits per heavy atom. The minimum atomic E-state index is -0.632. The molecule has 0 aromatic heterocycles. The molecule has 0 aliphatic carbocycles. The van der Waals surface area contributed by atoms with E-state index in [9.17, 15) is 9.59 Å². The molecular weight excluding hydrogens is 530 g/mol. The van der Waals surface area contributed by atoms with E-state index in [1.165, 1.54) is 0 Å². The third-order valence-corrected chi connectivity index (χ3v) is 8.82. The van der Waals surface area contributed by atoms with Gasteiger partial charge in [-0.3, -0.25) is 9.59 Å². The van der Waals surface area contributed by atoms with Crippen LogP contribution in [-0.4, -0.2) is 48.5 Å². The van der Waals surface area contributed by atoms with Crippen molar-refractivity contribution in [3.05, 3.63) is 83.9 Å². The van der Waals surface area contributed by atoms with Gasteiger partial charge in [0.25, 0.3) is 11.8 Å². The molecule has 0 atom stereocenters. The Kier molecular flexibility index (Phi) is 7.64. The molecule has 0 radical (unpaired) electrons. The van der Waals surface area contributed by atoms with Crippen LogP contribution in [-0.2, 0) is 18.6 Å². The van der Waals surface area contributed by atoms with E-state index in [1.807, 2.05) is 104 Å². The van der Waals surface area contributed by atoms with Gasteiger partial charge >= 0.3 is 14.2 Å². The molecular formula is C32H38B2N2O6. The van der Waals surface area contributed by atoms with E-state index in [1.54, 1.807) is 24.3 Å². The van der Waals surface area contributed by atoms with Crippen LogP contribution in [0.2, 0.25) is 0 Å². The van der Waals surface area contributed by atoms with Gasteiger partial charge in [-0.05, 0) is 85.7 Å². The monoisotopic (exact) mass is 568 g/mol. The third kappa shape index (κ3) is 5.64. The molecule has 8 nitrogen and oxygen atoms in total. The van der Waals surface area contributed by atoms with Gasteiger partial charge in [0.2, 0.25) is 0 Å². The average molecular weight is 568 g/mol. The number of carbonyl (C=O) groups is 2. The van der Waals surface area contributed by atoms with E-state index in [2.05, 4.69) is 10.6 Å². The lowest BCUT2D eigenvalue weighted by molar-refractivity contribution is 0.00578. The van der Waals surface area contributed by atoms with Crippen molar-refractivity contribution >= 4 is 48.4 Å². The maximum atomic E-state index is 13.4. The second-order valence-corrected chi connectivity index (χ2v) is 12.8. The van der Waals surface area contributed by atoms with Crippen LogP contribution < -0.4 is 21.6 Å². The molecule has 2 saturated heterocycles. The van der Waals surface area contributed by atoms with Gasteiger partial charge in [-0.15, -0.1) is 0 Å². The molecule has 2 amide bonds. The highest BCUT2D eigenvalue weighted by Crippen LogP contribution is 2.38. The second-order valence-electron chi connectivity index (χ2n) is 12.8. The maximum absolute atomic E-state index is 13.4. The van der Waals surface area contributed by atoms with Crippen molar-refractivity contribution in [3.8, 4) is 0 Å². The van der Waals surface area contributed by atoms with Gasteiger partial charge in [0.05, 0.1) is 22.4 Å². The number of para-hydroxylation sites is 2. The van der Waals surface area contributed by atoms with Crippen LogP contribution in [0.4, 0.5) is 11.4 Å². The van der Waals surface area contributed by atoms with Gasteiger partial charge in [-0.2, -0.15) is 0 Å². The summed E-state index contributed by atoms with van der Waals surface area (Å²) in [7, 11) is -1.26. The van der Waals surface area contributed by atoms with E-state index in [0.717, 1.165) is 10.9 Å². The quantitative estimate of drug-likeness (QED) is 0.416. The van der Waals surface area contributed by atoms with Crippen molar-refractivity contribution in [3.63, 3.8) is 0 Å². The first-order valence-electron chi connectivity index (χ1n) is 14.2. The Morgan fingerprint density at radius 3 is 1.21 bits per heavy atom. The van der Waals surface area contributed by atoms with E-state index in [4.69, 9.17) is 18.6 Å². The molecule has 2 N–H and O–H groups in total. The van der Waals surface area contributed by atoms with Crippen molar-refractivity contribution < 1.29 is 28.2 Å². The van der Waals surface area contributed by atoms with Crippen LogP contribution >= 0.6 is 0 Å². The number of benzene rings is 3. The molecule has 218 valence electrons. The zero-order valence-corrected chi connectivity index (χ0v) is 25.5. The van der Waals surface area contributed by atoms with Crippen LogP contribution in [0.25, 0.3) is 0 Å². The summed E-state index contributed by atoms with van der Waals surface area (Å²) in [6.45, 7) is 15.9. The number of nitrogens with one attached hydrogen (secondary N) is 2. The molecule has 2 aliphatic rings. The fourth-order valence-electron chi connectivity index (χ4n) is 4.76. The topological polar surface area (TPSA) is 95.1 Å². The minimum Gasteiger partial charge on any atom is -0.399 e. The summed E-state index contributed by atoms with van der Waals surface area (Å²) in [6, 6.07) is 21.4. The molecule has 3 aromatic rings. The molecule has 0 bridgehead atoms. The first kappa shape index (κ1) is 30.0. The summed E-state index contributed by atoms with van der Waals surface area (Å²) < 4.78 is 24.8. The Labute approximate surface area is 248 Å². The molecule has 2 aliphatic heterocycles. The maximum Gasteiger partial charge on any atom is 0.496 e. The van der Waals surface area contributed by atoms with Gasteiger partial charge in [-0.25, -0.2) is 0 Å². The molecule has 2 heterocycles. The average Bonchev–Trinajstić information content (AvgIpc) is 3.28. The third-order valence-electron chi connectivity index (χ3n) is 8.82. The van der Waals surface area contributed by atoms with E-state index in [0.29, 0.717) is 22.5 Å². The molecule has 0 saturated carbocycles. The highest BCUT2D eigenvalue weighted by molar-refractivity contribution is 6.64. The smallest absolute Gasteiger partial charge is 0.399 e. The van der Waals surface area contributed by atoms with Crippen molar-refractivity contribution in [2.24, 2.45) is 0 Å². The van der Waals surface area contributed by atoms with Gasteiger partial charge in [0, 0.05) is 33.4 Å². The van der Waals surface area contributed by atoms with Crippen LogP contribution in [0, 0.1) is 0 Å². The lowest BCUT2D eigenvalue weighted by Crippen LogP contribution is -2.41. The van der Waals surface area contributed by atoms with Crippen molar-refractivity contribution in [1.29, 1.82) is 0 Å². The van der Waals surface area contributed by atoms with Crippen LogP contribution in [0.1, 0.15) is 76.1 Å². The SMILES string of the molecule is CC1(C)OB(c2ccccc2NC(=O)c2cccc(C(=O)Nc3ccccc3B3OC(C)(C)C(C)(C)O3)c2)OC1(C)C. The zero-order valence-electron chi connectivity index (χ0n) is 25.5. The first-order chi connectivity index (χ1) is 19.6. The Bertz CT molecular complexity index is 1380. The van der Waals surface area contributed by atoms with Crippen molar-refractivity contribution in [1.82, 2.24) is 0 Å². The second kappa shape index (κ2) is 10.7. The highest BCUT2D eigenvalue weighted by Gasteiger charge is 2.53. The number of amides is 2. The largest absolute Gasteiger partial charge is 0.496 e. The standard InChI is InChI=1S/C32H38B2N2O6/c1-29(2)30(3,4)40-33(39-29)23-16-9-11-18-25(23)35-27(37)21-14-13-15-22(20-21)28(38)36-26-19-12-10-17-24(26)34-41-31(5,6)32(7,8)42-34/h9-20H,1-8H3,(H,35,37)(H,36,38). The number of hydrogen-bond acceptors (Lipinski definition) is 6. The van der Waals surface area contributed by atoms with E-state index in [-0.39, 0.29) is 11.8 Å². The lowest BCUT2D eigenvalue weighted by atomic mass is 9.77. The highest BCUT2D eigenvalue weighted by atomic mass is 16.7. The molecule has 0 spiro atoms. The number of hydrogen-bond donors (Lipinski definition) is 2. The molecule has 42 heavy (non-hydrogen) atoms. The van der Waals surface area contributed by atoms with Crippen LogP contribution in [0.15, 0.2) is 72.8 Å². The summed E-state index contributed by atoms with van der Waals surface area (Å²) in [4.78, 5) is 26.7. The van der Waals surface area contributed by atoms with Gasteiger partial charge < -0.3 is 29.3 Å². The number of anilines is 2. The summed E-state index contributed by atoms with van der Waals surface area (Å²) in [6.07, 6.45) is 0. The van der Waals surface area contributed by atoms with Crippen LogP contribution in [0.5, 0.6) is 0 Å². The molecule has 10 heteroatoms. The zero-order chi connectivity index (χ0) is 30.5. The summed E-state index contributed by atoms with van der Waals surface area (Å²) in [5.74, 6) is -0.711. The first-order valence-corrected chi connectivity index (χ1v) is 14.2.